The number of fused-ring (bicyclic) bond motifs is 2. The molecule has 1 saturated carbocycles. The van der Waals surface area contributed by atoms with Gasteiger partial charge in [-0.3, -0.25) is 19.4 Å². The molecule has 0 saturated heterocycles. The summed E-state index contributed by atoms with van der Waals surface area (Å²) in [6, 6.07) is 2.60. The summed E-state index contributed by atoms with van der Waals surface area (Å²) < 4.78 is 54.4. The first-order valence-corrected chi connectivity index (χ1v) is 7.94. The van der Waals surface area contributed by atoms with Gasteiger partial charge in [-0.15, -0.1) is 0 Å². The lowest BCUT2D eigenvalue weighted by Crippen LogP contribution is -2.30. The number of aromatic amines is 1. The number of nitrogens with zero attached hydrogens (tertiary/aromatic N) is 2. The van der Waals surface area contributed by atoms with Gasteiger partial charge in [-0.25, -0.2) is 9.38 Å². The Balaban J connectivity index is 1.97. The first-order chi connectivity index (χ1) is 12.2. The van der Waals surface area contributed by atoms with Crippen LogP contribution >= 0.6 is 0 Å². The number of hydrogen-bond acceptors (Lipinski definition) is 3. The van der Waals surface area contributed by atoms with Crippen molar-refractivity contribution in [3.63, 3.8) is 0 Å². The van der Waals surface area contributed by atoms with E-state index in [0.717, 1.165) is 6.07 Å². The molecule has 0 bridgehead atoms. The number of aromatic nitrogens is 2. The van der Waals surface area contributed by atoms with E-state index in [1.165, 1.54) is 10.7 Å². The van der Waals surface area contributed by atoms with Gasteiger partial charge in [0.05, 0.1) is 17.0 Å². The summed E-state index contributed by atoms with van der Waals surface area (Å²) in [5.41, 5.74) is -1.19. The number of rotatable bonds is 1. The van der Waals surface area contributed by atoms with E-state index < -0.39 is 35.0 Å². The Morgan fingerprint density at radius 3 is 2.62 bits per heavy atom. The molecule has 2 heterocycles. The minimum Gasteiger partial charge on any atom is -0.299 e. The lowest BCUT2D eigenvalue weighted by Gasteiger charge is -2.27. The zero-order valence-electron chi connectivity index (χ0n) is 13.5. The van der Waals surface area contributed by atoms with Gasteiger partial charge in [0, 0.05) is 25.1 Å². The van der Waals surface area contributed by atoms with Crippen molar-refractivity contribution in [1.29, 1.82) is 0 Å². The van der Waals surface area contributed by atoms with Crippen molar-refractivity contribution >= 4 is 17.3 Å². The van der Waals surface area contributed by atoms with Crippen molar-refractivity contribution in [1.82, 2.24) is 9.78 Å². The smallest absolute Gasteiger partial charge is 0.299 e. The standard InChI is InChI=1S/C17H13F4N3O2/c1-24-15-14(16(26)23-24)12(13-10(22-15)4-5-11(13)25)7-2-3-9(18)8(6-7)17(19,20)21/h2-3,6,12-13H,4-5H2,1H3,(H,23,26). The van der Waals surface area contributed by atoms with E-state index in [2.05, 4.69) is 10.1 Å². The van der Waals surface area contributed by atoms with Crippen molar-refractivity contribution in [3.05, 3.63) is 51.1 Å². The van der Waals surface area contributed by atoms with Crippen LogP contribution in [-0.2, 0) is 18.0 Å². The third-order valence-corrected chi connectivity index (χ3v) is 4.95. The third-order valence-electron chi connectivity index (χ3n) is 4.95. The van der Waals surface area contributed by atoms with Crippen LogP contribution in [0.25, 0.3) is 0 Å². The Labute approximate surface area is 144 Å². The Bertz CT molecular complexity index is 1020. The van der Waals surface area contributed by atoms with E-state index in [4.69, 9.17) is 0 Å². The Morgan fingerprint density at radius 2 is 1.92 bits per heavy atom. The quantitative estimate of drug-likeness (QED) is 0.788. The van der Waals surface area contributed by atoms with Gasteiger partial charge in [-0.1, -0.05) is 6.07 Å². The molecular formula is C17H13F4N3O2. The van der Waals surface area contributed by atoms with E-state index >= 15 is 0 Å². The molecule has 1 aromatic carbocycles. The largest absolute Gasteiger partial charge is 0.419 e. The zero-order valence-corrected chi connectivity index (χ0v) is 13.5. The minimum absolute atomic E-state index is 0.0734. The van der Waals surface area contributed by atoms with Gasteiger partial charge < -0.3 is 0 Å². The van der Waals surface area contributed by atoms with Crippen LogP contribution in [0.15, 0.2) is 28.0 Å². The fraction of sp³-hybridized carbons (Fsp3) is 0.353. The van der Waals surface area contributed by atoms with Gasteiger partial charge >= 0.3 is 6.18 Å². The maximum absolute atomic E-state index is 13.7. The summed E-state index contributed by atoms with van der Waals surface area (Å²) in [5, 5.41) is 2.52. The first kappa shape index (κ1) is 16.7. The average molecular weight is 367 g/mol. The van der Waals surface area contributed by atoms with Gasteiger partial charge in [0.1, 0.15) is 11.6 Å². The van der Waals surface area contributed by atoms with E-state index in [1.807, 2.05) is 0 Å². The van der Waals surface area contributed by atoms with E-state index in [0.29, 0.717) is 24.0 Å². The molecule has 1 N–H and O–H groups in total. The van der Waals surface area contributed by atoms with Crippen LogP contribution in [-0.4, -0.2) is 21.3 Å². The summed E-state index contributed by atoms with van der Waals surface area (Å²) in [4.78, 5) is 29.1. The molecule has 1 aliphatic carbocycles. The van der Waals surface area contributed by atoms with Crippen molar-refractivity contribution in [3.8, 4) is 0 Å². The number of ketones is 1. The number of halogens is 4. The van der Waals surface area contributed by atoms with Gasteiger partial charge in [-0.05, 0) is 24.1 Å². The van der Waals surface area contributed by atoms with Crippen molar-refractivity contribution in [2.75, 3.05) is 0 Å². The van der Waals surface area contributed by atoms with Crippen molar-refractivity contribution in [2.45, 2.75) is 24.9 Å². The fourth-order valence-electron chi connectivity index (χ4n) is 3.83. The molecule has 1 aromatic heterocycles. The van der Waals surface area contributed by atoms with Gasteiger partial charge in [0.15, 0.2) is 5.82 Å². The normalized spacial score (nSPS) is 22.2. The second-order valence-corrected chi connectivity index (χ2v) is 6.50. The summed E-state index contributed by atoms with van der Waals surface area (Å²) >= 11 is 0. The van der Waals surface area contributed by atoms with Crippen LogP contribution in [0.3, 0.4) is 0 Å². The molecule has 2 aliphatic rings. The maximum atomic E-state index is 13.7. The number of nitrogens with one attached hydrogen (secondary N) is 1. The molecule has 26 heavy (non-hydrogen) atoms. The highest BCUT2D eigenvalue weighted by molar-refractivity contribution is 6.14. The molecule has 1 aliphatic heterocycles. The maximum Gasteiger partial charge on any atom is 0.419 e. The van der Waals surface area contributed by atoms with E-state index in [1.54, 1.807) is 7.05 Å². The molecule has 2 unspecified atom stereocenters. The second-order valence-electron chi connectivity index (χ2n) is 6.50. The van der Waals surface area contributed by atoms with Crippen LogP contribution in [0, 0.1) is 11.7 Å². The van der Waals surface area contributed by atoms with Crippen LogP contribution in [0.4, 0.5) is 23.4 Å². The molecule has 2 atom stereocenters. The summed E-state index contributed by atoms with van der Waals surface area (Å²) in [7, 11) is 1.56. The number of Topliss-reactive ketones (excluding diaryl/α,β-unsaturated/α-hetero) is 1. The number of hydrogen-bond donors (Lipinski definition) is 1. The molecular weight excluding hydrogens is 354 g/mol. The molecule has 0 spiro atoms. The highest BCUT2D eigenvalue weighted by Gasteiger charge is 2.45. The topological polar surface area (TPSA) is 67.2 Å². The number of alkyl halides is 3. The average Bonchev–Trinajstić information content (AvgIpc) is 3.06. The van der Waals surface area contributed by atoms with E-state index in [-0.39, 0.29) is 23.3 Å². The first-order valence-electron chi connectivity index (χ1n) is 7.94. The molecule has 2 aromatic rings. The Morgan fingerprint density at radius 1 is 1.19 bits per heavy atom. The monoisotopic (exact) mass is 367 g/mol. The Hall–Kier alpha value is -2.71. The number of carbonyl (C=O) groups excluding carboxylic acids is 1. The Kier molecular flexibility index (Phi) is 3.47. The number of H-pyrrole nitrogens is 1. The number of aliphatic imine (C=N–C) groups is 1. The molecule has 136 valence electrons. The summed E-state index contributed by atoms with van der Waals surface area (Å²) in [6.07, 6.45) is -4.26. The summed E-state index contributed by atoms with van der Waals surface area (Å²) in [5.74, 6) is -3.00. The predicted octanol–water partition coefficient (Wildman–Crippen LogP) is 3.07. The summed E-state index contributed by atoms with van der Waals surface area (Å²) in [6.45, 7) is 0. The van der Waals surface area contributed by atoms with Crippen molar-refractivity contribution < 1.29 is 22.4 Å². The van der Waals surface area contributed by atoms with Crippen LogP contribution in [0.5, 0.6) is 0 Å². The molecule has 1 fully saturated rings. The predicted molar refractivity (Wildman–Crippen MR) is 84.1 cm³/mol. The van der Waals surface area contributed by atoms with Crippen LogP contribution < -0.4 is 5.56 Å². The molecule has 0 radical (unpaired) electrons. The fourth-order valence-corrected chi connectivity index (χ4v) is 3.83. The SMILES string of the molecule is Cn1[nH]c(=O)c2c1N=C1CCC(=O)C1C2c1ccc(F)c(C(F)(F)F)c1. The molecule has 0 amide bonds. The van der Waals surface area contributed by atoms with Gasteiger partial charge in [0.2, 0.25) is 0 Å². The van der Waals surface area contributed by atoms with Crippen LogP contribution in [0.2, 0.25) is 0 Å². The van der Waals surface area contributed by atoms with Crippen LogP contribution in [0.1, 0.15) is 35.4 Å². The highest BCUT2D eigenvalue weighted by atomic mass is 19.4. The highest BCUT2D eigenvalue weighted by Crippen LogP contribution is 2.45. The molecule has 9 heteroatoms. The second kappa shape index (κ2) is 5.39. The lowest BCUT2D eigenvalue weighted by molar-refractivity contribution is -0.140. The number of carbonyl (C=O) groups is 1. The van der Waals surface area contributed by atoms with Gasteiger partial charge in [-0.2, -0.15) is 13.2 Å². The van der Waals surface area contributed by atoms with E-state index in [9.17, 15) is 27.2 Å². The number of benzene rings is 1. The molecule has 5 nitrogen and oxygen atoms in total. The zero-order chi connectivity index (χ0) is 18.8. The third kappa shape index (κ3) is 2.33. The van der Waals surface area contributed by atoms with Gasteiger partial charge in [0.25, 0.3) is 5.56 Å². The lowest BCUT2D eigenvalue weighted by atomic mass is 9.77. The minimum atomic E-state index is -4.88. The number of aryl methyl sites for hydroxylation is 1. The molecule has 4 rings (SSSR count). The van der Waals surface area contributed by atoms with Crippen molar-refractivity contribution in [2.24, 2.45) is 18.0 Å².